The average molecular weight is 725 g/mol. The van der Waals surface area contributed by atoms with Gasteiger partial charge in [-0.2, -0.15) is 0 Å². The number of anilines is 3. The molecule has 54 heavy (non-hydrogen) atoms. The third-order valence-electron chi connectivity index (χ3n) is 8.31. The SMILES string of the molecule is [2H]c1c([2H])c([2H])c(-c2c([2H])c([2H])c(N(c3c([2H])c([2H])c(-c4c([2H])c([2H])c5c6c7c([2H])c([2H])c([2H])c([2H])c7oc6n(-c6c([2H])c([2H])c([2H])c([2H])c6[2H])c5c4[2H])c([2H])c3[2H])c3c([2H])c([2H])c([2H])c4c3oc3c([2H])c([2H])c([2H])c([2H])c34)c([2H])c2[2H])c([2H])c1[2H]. The number of hydrogen-bond donors (Lipinski definition) is 0. The lowest BCUT2D eigenvalue weighted by Gasteiger charge is -2.26. The lowest BCUT2D eigenvalue weighted by atomic mass is 10.0. The summed E-state index contributed by atoms with van der Waals surface area (Å²) < 4.78 is 300. The van der Waals surface area contributed by atoms with Crippen LogP contribution in [0.25, 0.3) is 82.9 Å². The Morgan fingerprint density at radius 1 is 0.426 bits per heavy atom. The lowest BCUT2D eigenvalue weighted by Crippen LogP contribution is -2.10. The molecule has 0 radical (unpaired) electrons. The van der Waals surface area contributed by atoms with Crippen LogP contribution in [0.5, 0.6) is 0 Å². The van der Waals surface area contributed by atoms with Gasteiger partial charge in [0.1, 0.15) is 11.2 Å². The predicted molar refractivity (Wildman–Crippen MR) is 223 cm³/mol. The van der Waals surface area contributed by atoms with Crippen molar-refractivity contribution in [3.05, 3.63) is 193 Å². The van der Waals surface area contributed by atoms with Crippen LogP contribution in [0.4, 0.5) is 17.1 Å². The Hall–Kier alpha value is -7.30. The molecule has 0 spiro atoms. The quantitative estimate of drug-likeness (QED) is 0.171. The van der Waals surface area contributed by atoms with E-state index in [0.717, 1.165) is 4.57 Å². The lowest BCUT2D eigenvalue weighted by molar-refractivity contribution is 0.645. The van der Waals surface area contributed by atoms with Crippen molar-refractivity contribution in [1.29, 1.82) is 0 Å². The molecule has 0 N–H and O–H groups in total. The molecule has 0 aliphatic carbocycles. The Morgan fingerprint density at radius 2 is 0.981 bits per heavy atom. The van der Waals surface area contributed by atoms with Crippen molar-refractivity contribution in [1.82, 2.24) is 4.57 Å². The van der Waals surface area contributed by atoms with Gasteiger partial charge in [0.05, 0.1) is 60.5 Å². The second-order valence-corrected chi connectivity index (χ2v) is 11.3. The van der Waals surface area contributed by atoms with Crippen molar-refractivity contribution in [2.75, 3.05) is 4.90 Å². The molecule has 0 amide bonds. The van der Waals surface area contributed by atoms with E-state index in [1.165, 1.54) is 0 Å². The fourth-order valence-electron chi connectivity index (χ4n) is 6.01. The van der Waals surface area contributed by atoms with Gasteiger partial charge in [-0.25, -0.2) is 0 Å². The van der Waals surface area contributed by atoms with Crippen LogP contribution in [0, 0.1) is 0 Å². The first-order valence-corrected chi connectivity index (χ1v) is 15.7. The van der Waals surface area contributed by atoms with E-state index in [-0.39, 0.29) is 0 Å². The minimum atomic E-state index is -1.32. The van der Waals surface area contributed by atoms with E-state index in [4.69, 9.17) is 36.2 Å². The molecule has 0 atom stereocenters. The maximum absolute atomic E-state index is 9.88. The molecule has 0 fully saturated rings. The molecule has 3 aromatic heterocycles. The molecule has 3 heterocycles. The summed E-state index contributed by atoms with van der Waals surface area (Å²) in [7, 11) is 0. The van der Waals surface area contributed by atoms with Crippen LogP contribution in [0.1, 0.15) is 43.9 Å². The molecule has 4 heteroatoms. The Morgan fingerprint density at radius 3 is 1.70 bits per heavy atom. The van der Waals surface area contributed by atoms with E-state index < -0.39 is 293 Å². The van der Waals surface area contributed by atoms with Crippen LogP contribution >= 0.6 is 0 Å². The zero-order valence-corrected chi connectivity index (χ0v) is 26.7. The molecule has 11 rings (SSSR count). The third kappa shape index (κ3) is 4.78. The Balaban J connectivity index is 1.31. The minimum Gasteiger partial charge on any atom is -0.454 e. The number of para-hydroxylation sites is 4. The Labute approximate surface area is 356 Å². The highest BCUT2D eigenvalue weighted by molar-refractivity contribution is 6.20. The van der Waals surface area contributed by atoms with Gasteiger partial charge in [-0.15, -0.1) is 0 Å². The van der Waals surface area contributed by atoms with Crippen LogP contribution in [-0.2, 0) is 0 Å². The number of fused-ring (bicyclic) bond motifs is 8. The van der Waals surface area contributed by atoms with Crippen molar-refractivity contribution in [2.24, 2.45) is 0 Å². The van der Waals surface area contributed by atoms with Crippen molar-refractivity contribution >= 4 is 72.0 Å². The minimum absolute atomic E-state index is 0.380. The molecular weight excluding hydrogens is 661 g/mol. The second-order valence-electron chi connectivity index (χ2n) is 11.3. The fraction of sp³-hybridized carbons (Fsp3) is 0. The van der Waals surface area contributed by atoms with Gasteiger partial charge in [0.25, 0.3) is 0 Å². The molecule has 0 saturated heterocycles. The van der Waals surface area contributed by atoms with Gasteiger partial charge < -0.3 is 13.7 Å². The molecule has 4 nitrogen and oxygen atoms in total. The van der Waals surface area contributed by atoms with Crippen LogP contribution in [0.3, 0.4) is 0 Å². The van der Waals surface area contributed by atoms with Gasteiger partial charge in [-0.1, -0.05) is 133 Å². The third-order valence-corrected chi connectivity index (χ3v) is 8.31. The van der Waals surface area contributed by atoms with Crippen molar-refractivity contribution < 1.29 is 52.7 Å². The topological polar surface area (TPSA) is 34.5 Å². The van der Waals surface area contributed by atoms with Crippen molar-refractivity contribution in [3.8, 4) is 27.9 Å². The summed E-state index contributed by atoms with van der Waals surface area (Å²) in [5.41, 5.74) is -11.2. The first-order valence-electron chi connectivity index (χ1n) is 31.7. The summed E-state index contributed by atoms with van der Waals surface area (Å²) in [6.07, 6.45) is 0. The molecule has 0 saturated carbocycles. The summed E-state index contributed by atoms with van der Waals surface area (Å²) in [4.78, 5) is 0.380. The van der Waals surface area contributed by atoms with Gasteiger partial charge in [0.15, 0.2) is 5.58 Å². The largest absolute Gasteiger partial charge is 0.454 e. The van der Waals surface area contributed by atoms with Gasteiger partial charge in [0.2, 0.25) is 5.71 Å². The molecule has 0 unspecified atom stereocenters. The van der Waals surface area contributed by atoms with Gasteiger partial charge in [-0.05, 0) is 82.7 Å². The summed E-state index contributed by atoms with van der Waals surface area (Å²) in [6.45, 7) is 0. The molecule has 0 bridgehead atoms. The van der Waals surface area contributed by atoms with E-state index in [9.17, 15) is 16.4 Å². The highest BCUT2D eigenvalue weighted by Gasteiger charge is 2.22. The van der Waals surface area contributed by atoms with E-state index in [2.05, 4.69) is 0 Å². The van der Waals surface area contributed by atoms with Crippen LogP contribution in [0.2, 0.25) is 0 Å². The number of furan rings is 2. The zero-order valence-electron chi connectivity index (χ0n) is 58.7. The monoisotopic (exact) mass is 724 g/mol. The van der Waals surface area contributed by atoms with Crippen molar-refractivity contribution in [3.63, 3.8) is 0 Å². The van der Waals surface area contributed by atoms with Gasteiger partial charge in [-0.3, -0.25) is 4.57 Å². The molecule has 11 aromatic rings. The number of nitrogens with zero attached hydrogens (tertiary/aromatic N) is 2. The highest BCUT2D eigenvalue weighted by atomic mass is 16.3. The van der Waals surface area contributed by atoms with Gasteiger partial charge in [0, 0.05) is 38.6 Å². The summed E-state index contributed by atoms with van der Waals surface area (Å²) >= 11 is 0. The van der Waals surface area contributed by atoms with Gasteiger partial charge >= 0.3 is 0 Å². The summed E-state index contributed by atoms with van der Waals surface area (Å²) in [6, 6.07) is -32.3. The average Bonchev–Trinajstić information content (AvgIpc) is 1.51. The van der Waals surface area contributed by atoms with E-state index in [1.54, 1.807) is 0 Å². The Kier molecular flexibility index (Phi) is 2.79. The number of aromatic nitrogens is 1. The molecule has 8 aromatic carbocycles. The van der Waals surface area contributed by atoms with E-state index >= 15 is 0 Å². The second kappa shape index (κ2) is 12.1. The standard InChI is InChI=1S/C50H32N2O2/c1-3-12-33(13-4-1)34-22-27-38(28-23-34)51(44-19-11-18-41-40-16-7-9-20-46(40)53-49(41)44)39-29-24-35(25-30-39)36-26-31-42-45(32-36)52(37-14-5-2-6-15-37)50-48(42)43-17-8-10-21-47(43)54-50/h1-32H/i1D,2D,3D,4D,5D,6D,7D,8D,9D,10D,11D,12D,13D,14D,15D,16D,17D,18D,19D,20D,21D,22D,23D,24D,25D,26D,27D,28D,29D,30D,31D,32D. The molecular formula is C50H32N2O2. The maximum atomic E-state index is 9.88. The van der Waals surface area contributed by atoms with E-state index in [1.807, 2.05) is 0 Å². The fourth-order valence-corrected chi connectivity index (χ4v) is 6.01. The molecule has 0 aliphatic heterocycles. The van der Waals surface area contributed by atoms with E-state index in [0.29, 0.717) is 4.90 Å². The van der Waals surface area contributed by atoms with Crippen LogP contribution < -0.4 is 4.90 Å². The normalized spacial score (nSPS) is 20.0. The number of hydrogen-bond acceptors (Lipinski definition) is 3. The predicted octanol–water partition coefficient (Wildman–Crippen LogP) is 14.2. The number of rotatable bonds is 6. The molecule has 0 aliphatic rings. The Bertz CT molecular complexity index is 4930. The van der Waals surface area contributed by atoms with Crippen LogP contribution in [-0.4, -0.2) is 4.57 Å². The maximum Gasteiger partial charge on any atom is 0.213 e. The van der Waals surface area contributed by atoms with Crippen LogP contribution in [0.15, 0.2) is 202 Å². The van der Waals surface area contributed by atoms with Crippen molar-refractivity contribution in [2.45, 2.75) is 0 Å². The zero-order chi connectivity index (χ0) is 63.4. The first kappa shape index (κ1) is 12.4. The summed E-state index contributed by atoms with van der Waals surface area (Å²) in [5, 5.41) is -2.61. The first-order chi connectivity index (χ1) is 40.1. The molecule has 254 valence electrons. The summed E-state index contributed by atoms with van der Waals surface area (Å²) in [5.74, 6) is 0. The number of benzene rings is 8. The smallest absolute Gasteiger partial charge is 0.213 e. The highest BCUT2D eigenvalue weighted by Crippen LogP contribution is 2.44.